The first-order chi connectivity index (χ1) is 5.63. The first kappa shape index (κ1) is 8.91. The summed E-state index contributed by atoms with van der Waals surface area (Å²) in [5.74, 6) is 0. The van der Waals surface area contributed by atoms with E-state index in [1.165, 1.54) is 11.3 Å². The first-order valence-corrected chi connectivity index (χ1v) is 4.21. The first-order valence-electron chi connectivity index (χ1n) is 4.21. The molecule has 12 heavy (non-hydrogen) atoms. The summed E-state index contributed by atoms with van der Waals surface area (Å²) in [6.07, 6.45) is 0. The molecule has 0 unspecified atom stereocenters. The molecule has 0 saturated carbocycles. The molecule has 0 radical (unpaired) electrons. The topological polar surface area (TPSA) is 29.3 Å². The predicted molar refractivity (Wildman–Crippen MR) is 54.5 cm³/mol. The van der Waals surface area contributed by atoms with E-state index in [0.717, 1.165) is 12.2 Å². The maximum Gasteiger partial charge on any atom is 0.0386 e. The molecule has 0 saturated heterocycles. The van der Waals surface area contributed by atoms with Crippen LogP contribution in [-0.2, 0) is 0 Å². The van der Waals surface area contributed by atoms with Crippen LogP contribution in [0.25, 0.3) is 0 Å². The molecule has 2 heteroatoms. The molecule has 0 aromatic heterocycles. The normalized spacial score (nSPS) is 9.92. The summed E-state index contributed by atoms with van der Waals surface area (Å²) in [6, 6.07) is 6.11. The van der Waals surface area contributed by atoms with Gasteiger partial charge in [-0.1, -0.05) is 0 Å². The lowest BCUT2D eigenvalue weighted by atomic mass is 10.2. The highest BCUT2D eigenvalue weighted by Gasteiger charge is 1.99. The Morgan fingerprint density at radius 3 is 2.50 bits per heavy atom. The second kappa shape index (κ2) is 3.48. The summed E-state index contributed by atoms with van der Waals surface area (Å²) < 4.78 is 0. The number of benzene rings is 1. The lowest BCUT2D eigenvalue weighted by molar-refractivity contribution is 0.967. The summed E-state index contributed by atoms with van der Waals surface area (Å²) in [7, 11) is 2.06. The molecule has 0 aliphatic rings. The third-order valence-corrected chi connectivity index (χ3v) is 2.00. The number of anilines is 2. The molecule has 0 spiro atoms. The van der Waals surface area contributed by atoms with Crippen molar-refractivity contribution in [1.82, 2.24) is 0 Å². The van der Waals surface area contributed by atoms with E-state index in [0.29, 0.717) is 0 Å². The lowest BCUT2D eigenvalue weighted by Gasteiger charge is -2.17. The Hall–Kier alpha value is -1.18. The Morgan fingerprint density at radius 2 is 2.00 bits per heavy atom. The van der Waals surface area contributed by atoms with Gasteiger partial charge in [-0.3, -0.25) is 0 Å². The van der Waals surface area contributed by atoms with Crippen molar-refractivity contribution in [3.05, 3.63) is 23.8 Å². The molecule has 66 valence electrons. The van der Waals surface area contributed by atoms with Gasteiger partial charge in [-0.15, -0.1) is 0 Å². The summed E-state index contributed by atoms with van der Waals surface area (Å²) >= 11 is 0. The number of nitrogens with two attached hydrogens (primary N) is 1. The highest BCUT2D eigenvalue weighted by atomic mass is 15.1. The fourth-order valence-electron chi connectivity index (χ4n) is 1.19. The summed E-state index contributed by atoms with van der Waals surface area (Å²) in [5.41, 5.74) is 8.97. The fraction of sp³-hybridized carbons (Fsp3) is 0.400. The summed E-state index contributed by atoms with van der Waals surface area (Å²) in [5, 5.41) is 0. The summed E-state index contributed by atoms with van der Waals surface area (Å²) in [4.78, 5) is 2.17. The van der Waals surface area contributed by atoms with Gasteiger partial charge in [0.15, 0.2) is 0 Å². The molecule has 0 atom stereocenters. The number of rotatable bonds is 2. The average Bonchev–Trinajstić information content (AvgIpc) is 2.01. The van der Waals surface area contributed by atoms with Crippen LogP contribution in [0.3, 0.4) is 0 Å². The van der Waals surface area contributed by atoms with Crippen molar-refractivity contribution >= 4 is 11.4 Å². The van der Waals surface area contributed by atoms with Gasteiger partial charge in [0.2, 0.25) is 0 Å². The van der Waals surface area contributed by atoms with E-state index >= 15 is 0 Å². The van der Waals surface area contributed by atoms with Gasteiger partial charge in [-0.2, -0.15) is 0 Å². The third kappa shape index (κ3) is 1.91. The second-order valence-electron chi connectivity index (χ2n) is 3.12. The highest BCUT2D eigenvalue weighted by molar-refractivity contribution is 5.57. The van der Waals surface area contributed by atoms with Crippen molar-refractivity contribution in [2.24, 2.45) is 0 Å². The van der Waals surface area contributed by atoms with Gasteiger partial charge in [-0.05, 0) is 37.6 Å². The van der Waals surface area contributed by atoms with Crippen LogP contribution in [0.2, 0.25) is 0 Å². The zero-order valence-corrected chi connectivity index (χ0v) is 7.96. The number of nitrogens with zero attached hydrogens (tertiary/aromatic N) is 1. The van der Waals surface area contributed by atoms with Crippen molar-refractivity contribution in [3.63, 3.8) is 0 Å². The largest absolute Gasteiger partial charge is 0.399 e. The molecule has 1 aromatic carbocycles. The molecule has 1 aromatic rings. The molecule has 1 rings (SSSR count). The van der Waals surface area contributed by atoms with Gasteiger partial charge >= 0.3 is 0 Å². The van der Waals surface area contributed by atoms with Crippen LogP contribution in [0.1, 0.15) is 12.5 Å². The van der Waals surface area contributed by atoms with E-state index in [-0.39, 0.29) is 0 Å². The molecule has 2 N–H and O–H groups in total. The van der Waals surface area contributed by atoms with E-state index in [9.17, 15) is 0 Å². The number of hydrogen-bond acceptors (Lipinski definition) is 2. The van der Waals surface area contributed by atoms with Crippen LogP contribution in [0.4, 0.5) is 11.4 Å². The van der Waals surface area contributed by atoms with Crippen LogP contribution in [-0.4, -0.2) is 13.6 Å². The van der Waals surface area contributed by atoms with Gasteiger partial charge in [0.25, 0.3) is 0 Å². The molecule has 2 nitrogen and oxygen atoms in total. The predicted octanol–water partition coefficient (Wildman–Crippen LogP) is 2.03. The monoisotopic (exact) mass is 164 g/mol. The van der Waals surface area contributed by atoms with Gasteiger partial charge < -0.3 is 10.6 Å². The van der Waals surface area contributed by atoms with Crippen molar-refractivity contribution in [3.8, 4) is 0 Å². The minimum absolute atomic E-state index is 0.838. The average molecular weight is 164 g/mol. The molecule has 0 amide bonds. The lowest BCUT2D eigenvalue weighted by Crippen LogP contribution is -2.15. The summed E-state index contributed by atoms with van der Waals surface area (Å²) in [6.45, 7) is 5.19. The van der Waals surface area contributed by atoms with E-state index < -0.39 is 0 Å². The number of hydrogen-bond donors (Lipinski definition) is 1. The van der Waals surface area contributed by atoms with Crippen molar-refractivity contribution in [2.75, 3.05) is 24.2 Å². The Labute approximate surface area is 74.0 Å². The van der Waals surface area contributed by atoms with Gasteiger partial charge in [-0.25, -0.2) is 0 Å². The van der Waals surface area contributed by atoms with Gasteiger partial charge in [0.05, 0.1) is 0 Å². The van der Waals surface area contributed by atoms with Crippen LogP contribution in [0.15, 0.2) is 18.2 Å². The molecule has 0 aliphatic heterocycles. The van der Waals surface area contributed by atoms with Crippen molar-refractivity contribution in [1.29, 1.82) is 0 Å². The molecule has 0 bridgehead atoms. The van der Waals surface area contributed by atoms with E-state index in [1.807, 2.05) is 12.1 Å². The Balaban J connectivity index is 3.00. The maximum absolute atomic E-state index is 5.73. The quantitative estimate of drug-likeness (QED) is 0.678. The molecule has 0 fully saturated rings. The number of nitrogen functional groups attached to an aromatic ring is 1. The second-order valence-corrected chi connectivity index (χ2v) is 3.12. The van der Waals surface area contributed by atoms with Crippen LogP contribution >= 0.6 is 0 Å². The van der Waals surface area contributed by atoms with Crippen LogP contribution < -0.4 is 10.6 Å². The van der Waals surface area contributed by atoms with E-state index in [2.05, 4.69) is 31.9 Å². The number of aryl methyl sites for hydroxylation is 1. The molecular formula is C10H16N2. The minimum Gasteiger partial charge on any atom is -0.399 e. The Morgan fingerprint density at radius 1 is 1.33 bits per heavy atom. The zero-order chi connectivity index (χ0) is 9.14. The van der Waals surface area contributed by atoms with E-state index in [1.54, 1.807) is 0 Å². The molecule has 0 heterocycles. The smallest absolute Gasteiger partial charge is 0.0386 e. The van der Waals surface area contributed by atoms with Crippen LogP contribution in [0.5, 0.6) is 0 Å². The van der Waals surface area contributed by atoms with E-state index in [4.69, 9.17) is 5.73 Å². The van der Waals surface area contributed by atoms with Gasteiger partial charge in [0, 0.05) is 25.0 Å². The molecular weight excluding hydrogens is 148 g/mol. The minimum atomic E-state index is 0.838. The fourth-order valence-corrected chi connectivity index (χ4v) is 1.19. The molecule has 0 aliphatic carbocycles. The Kier molecular flexibility index (Phi) is 2.58. The van der Waals surface area contributed by atoms with Crippen molar-refractivity contribution in [2.45, 2.75) is 13.8 Å². The SMILES string of the molecule is CCN(C)c1cc(C)cc(N)c1. The standard InChI is InChI=1S/C10H16N2/c1-4-12(3)10-6-8(2)5-9(11)7-10/h5-7H,4,11H2,1-3H3. The van der Waals surface area contributed by atoms with Crippen molar-refractivity contribution < 1.29 is 0 Å². The highest BCUT2D eigenvalue weighted by Crippen LogP contribution is 2.18. The van der Waals surface area contributed by atoms with Crippen LogP contribution in [0, 0.1) is 6.92 Å². The zero-order valence-electron chi connectivity index (χ0n) is 7.96. The Bertz CT molecular complexity index is 248. The van der Waals surface area contributed by atoms with Gasteiger partial charge in [0.1, 0.15) is 0 Å². The maximum atomic E-state index is 5.73. The third-order valence-electron chi connectivity index (χ3n) is 2.00.